The molecule has 1 saturated carbocycles. The molecule has 2 aromatic heterocycles. The van der Waals surface area contributed by atoms with Gasteiger partial charge in [-0.1, -0.05) is 11.6 Å². The van der Waals surface area contributed by atoms with Crippen molar-refractivity contribution in [1.29, 1.82) is 0 Å². The van der Waals surface area contributed by atoms with Crippen LogP contribution in [-0.2, 0) is 9.59 Å². The van der Waals surface area contributed by atoms with Crippen molar-refractivity contribution >= 4 is 52.5 Å². The number of nitrogens with one attached hydrogen (secondary N) is 2. The number of benzene rings is 1. The van der Waals surface area contributed by atoms with Crippen LogP contribution in [0, 0.1) is 5.82 Å². The van der Waals surface area contributed by atoms with Crippen molar-refractivity contribution in [3.8, 4) is 0 Å². The number of rotatable bonds is 5. The highest BCUT2D eigenvalue weighted by Crippen LogP contribution is 2.33. The zero-order valence-corrected chi connectivity index (χ0v) is 17.3. The fourth-order valence-corrected chi connectivity index (χ4v) is 3.74. The molecule has 0 atom stereocenters. The molecule has 1 saturated heterocycles. The molecule has 2 amide bonds. The predicted molar refractivity (Wildman–Crippen MR) is 115 cm³/mol. The maximum atomic E-state index is 14.3. The molecule has 10 heteroatoms. The average Bonchev–Trinajstić information content (AvgIpc) is 3.43. The van der Waals surface area contributed by atoms with E-state index in [9.17, 15) is 14.0 Å². The fraction of sp³-hybridized carbons (Fsp3) is 0.238. The molecule has 2 N–H and O–H groups in total. The second-order valence-corrected chi connectivity index (χ2v) is 8.09. The first-order chi connectivity index (χ1) is 14.9. The Hall–Kier alpha value is -3.46. The molecule has 0 bridgehead atoms. The van der Waals surface area contributed by atoms with E-state index < -0.39 is 11.7 Å². The highest BCUT2D eigenvalue weighted by molar-refractivity contribution is 6.30. The van der Waals surface area contributed by atoms with Gasteiger partial charge < -0.3 is 10.2 Å². The lowest BCUT2D eigenvalue weighted by molar-refractivity contribution is -0.124. The van der Waals surface area contributed by atoms with E-state index in [-0.39, 0.29) is 18.0 Å². The molecule has 158 valence electrons. The normalized spacial score (nSPS) is 17.5. The minimum atomic E-state index is -0.458. The van der Waals surface area contributed by atoms with E-state index >= 15 is 0 Å². The highest BCUT2D eigenvalue weighted by Gasteiger charge is 2.29. The van der Waals surface area contributed by atoms with E-state index in [2.05, 4.69) is 25.6 Å². The van der Waals surface area contributed by atoms with Crippen molar-refractivity contribution < 1.29 is 14.0 Å². The molecule has 5 rings (SSSR count). The summed E-state index contributed by atoms with van der Waals surface area (Å²) in [7, 11) is 1.97. The summed E-state index contributed by atoms with van der Waals surface area (Å²) in [6.07, 6.45) is 5.37. The first-order valence-electron chi connectivity index (χ1n) is 9.77. The molecule has 0 spiro atoms. The smallest absolute Gasteiger partial charge is 0.254 e. The SMILES string of the molecule is CN(c1cc(Nc2cc(Cl)ccc2F)nc2c(/C=C3\CC(=O)NC3=O)cnn12)C1CC1. The Bertz CT molecular complexity index is 1270. The van der Waals surface area contributed by atoms with Crippen LogP contribution in [0.3, 0.4) is 0 Å². The van der Waals surface area contributed by atoms with Crippen LogP contribution in [0.1, 0.15) is 24.8 Å². The molecule has 8 nitrogen and oxygen atoms in total. The molecular weight excluding hydrogens is 423 g/mol. The summed E-state index contributed by atoms with van der Waals surface area (Å²) >= 11 is 6.02. The molecular formula is C21H18ClFN6O2. The van der Waals surface area contributed by atoms with Crippen molar-refractivity contribution in [3.63, 3.8) is 0 Å². The van der Waals surface area contributed by atoms with Crippen molar-refractivity contribution in [1.82, 2.24) is 19.9 Å². The minimum absolute atomic E-state index is 0.0106. The van der Waals surface area contributed by atoms with Gasteiger partial charge in [-0.2, -0.15) is 9.61 Å². The van der Waals surface area contributed by atoms with Gasteiger partial charge in [0.05, 0.1) is 18.3 Å². The maximum Gasteiger partial charge on any atom is 0.254 e. The molecule has 2 aliphatic rings. The van der Waals surface area contributed by atoms with Crippen LogP contribution in [0.4, 0.5) is 21.7 Å². The average molecular weight is 441 g/mol. The van der Waals surface area contributed by atoms with Gasteiger partial charge in [0.2, 0.25) is 5.91 Å². The van der Waals surface area contributed by atoms with Crippen LogP contribution in [-0.4, -0.2) is 39.5 Å². The van der Waals surface area contributed by atoms with Crippen molar-refractivity contribution in [2.75, 3.05) is 17.3 Å². The van der Waals surface area contributed by atoms with Gasteiger partial charge in [0.15, 0.2) is 5.65 Å². The number of hydrogen-bond acceptors (Lipinski definition) is 6. The number of halogens is 2. The summed E-state index contributed by atoms with van der Waals surface area (Å²) < 4.78 is 16.0. The van der Waals surface area contributed by atoms with Gasteiger partial charge in [-0.05, 0) is 37.1 Å². The number of nitrogens with zero attached hydrogens (tertiary/aromatic N) is 4. The molecule has 3 heterocycles. The Morgan fingerprint density at radius 2 is 2.13 bits per heavy atom. The van der Waals surface area contributed by atoms with Gasteiger partial charge in [0.25, 0.3) is 5.91 Å². The van der Waals surface area contributed by atoms with Crippen LogP contribution < -0.4 is 15.5 Å². The lowest BCUT2D eigenvalue weighted by Gasteiger charge is -2.20. The largest absolute Gasteiger partial charge is 0.356 e. The van der Waals surface area contributed by atoms with Crippen molar-refractivity contribution in [2.24, 2.45) is 0 Å². The first-order valence-corrected chi connectivity index (χ1v) is 10.2. The lowest BCUT2D eigenvalue weighted by Crippen LogP contribution is -2.23. The molecule has 0 radical (unpaired) electrons. The van der Waals surface area contributed by atoms with Crippen molar-refractivity contribution in [3.05, 3.63) is 52.4 Å². The number of carbonyl (C=O) groups is 2. The highest BCUT2D eigenvalue weighted by atomic mass is 35.5. The number of amides is 2. The summed E-state index contributed by atoms with van der Waals surface area (Å²) in [5.41, 5.74) is 1.61. The van der Waals surface area contributed by atoms with E-state index in [1.165, 1.54) is 18.2 Å². The van der Waals surface area contributed by atoms with E-state index in [1.54, 1.807) is 22.9 Å². The summed E-state index contributed by atoms with van der Waals surface area (Å²) in [5, 5.41) is 10.1. The van der Waals surface area contributed by atoms with Crippen LogP contribution in [0.2, 0.25) is 5.02 Å². The zero-order valence-electron chi connectivity index (χ0n) is 16.5. The Balaban J connectivity index is 1.62. The Morgan fingerprint density at radius 1 is 1.32 bits per heavy atom. The van der Waals surface area contributed by atoms with Crippen LogP contribution >= 0.6 is 11.6 Å². The number of hydrogen-bond donors (Lipinski definition) is 2. The molecule has 1 aromatic carbocycles. The van der Waals surface area contributed by atoms with Crippen molar-refractivity contribution in [2.45, 2.75) is 25.3 Å². The second-order valence-electron chi connectivity index (χ2n) is 7.65. The number of aromatic nitrogens is 3. The summed E-state index contributed by atoms with van der Waals surface area (Å²) in [5.74, 6) is -0.0407. The molecule has 2 fully saturated rings. The van der Waals surface area contributed by atoms with Crippen LogP contribution in [0.15, 0.2) is 36.0 Å². The standard InChI is InChI=1S/C21H18ClFN6O2/c1-28(14-3-4-14)19-9-17(25-16-8-13(22)2-5-15(16)23)26-20-12(10-24-29(19)20)6-11-7-18(30)27-21(11)31/h2,5-6,8-10,14H,3-4,7H2,1H3,(H,25,26)(H,27,30,31)/b11-6+. The second kappa shape index (κ2) is 7.35. The molecule has 0 unspecified atom stereocenters. The van der Waals surface area contributed by atoms with Gasteiger partial charge in [-0.3, -0.25) is 14.9 Å². The van der Waals surface area contributed by atoms with Gasteiger partial charge in [0, 0.05) is 35.3 Å². The monoisotopic (exact) mass is 440 g/mol. The molecule has 3 aromatic rings. The predicted octanol–water partition coefficient (Wildman–Crippen LogP) is 3.29. The Labute approximate surface area is 181 Å². The molecule has 1 aliphatic heterocycles. The first kappa shape index (κ1) is 19.5. The zero-order chi connectivity index (χ0) is 21.7. The number of fused-ring (bicyclic) bond motifs is 1. The summed E-state index contributed by atoms with van der Waals surface area (Å²) in [4.78, 5) is 30.2. The van der Waals surface area contributed by atoms with E-state index in [0.29, 0.717) is 33.7 Å². The minimum Gasteiger partial charge on any atom is -0.356 e. The number of imide groups is 1. The van der Waals surface area contributed by atoms with Crippen LogP contribution in [0.5, 0.6) is 0 Å². The van der Waals surface area contributed by atoms with E-state index in [1.807, 2.05) is 7.05 Å². The summed E-state index contributed by atoms with van der Waals surface area (Å²) in [6.45, 7) is 0. The summed E-state index contributed by atoms with van der Waals surface area (Å²) in [6, 6.07) is 6.43. The lowest BCUT2D eigenvalue weighted by atomic mass is 10.1. The topological polar surface area (TPSA) is 91.6 Å². The van der Waals surface area contributed by atoms with Gasteiger partial charge in [-0.15, -0.1) is 0 Å². The van der Waals surface area contributed by atoms with Gasteiger partial charge >= 0.3 is 0 Å². The van der Waals surface area contributed by atoms with Gasteiger partial charge in [-0.25, -0.2) is 9.37 Å². The number of anilines is 3. The Kier molecular flexibility index (Phi) is 4.62. The molecule has 31 heavy (non-hydrogen) atoms. The third kappa shape index (κ3) is 3.72. The molecule has 1 aliphatic carbocycles. The van der Waals surface area contributed by atoms with Crippen LogP contribution in [0.25, 0.3) is 11.7 Å². The van der Waals surface area contributed by atoms with Gasteiger partial charge in [0.1, 0.15) is 17.5 Å². The maximum absolute atomic E-state index is 14.3. The number of carbonyl (C=O) groups excluding carboxylic acids is 2. The third-order valence-corrected chi connectivity index (χ3v) is 5.59. The Morgan fingerprint density at radius 3 is 2.84 bits per heavy atom. The third-order valence-electron chi connectivity index (χ3n) is 5.35. The quantitative estimate of drug-likeness (QED) is 0.467. The van der Waals surface area contributed by atoms with E-state index in [4.69, 9.17) is 11.6 Å². The fourth-order valence-electron chi connectivity index (χ4n) is 3.57. The van der Waals surface area contributed by atoms with E-state index in [0.717, 1.165) is 18.7 Å².